The number of hydrogen-bond acceptors (Lipinski definition) is 1. The van der Waals surface area contributed by atoms with E-state index < -0.39 is 28.9 Å². The molecule has 0 saturated heterocycles. The van der Waals surface area contributed by atoms with Crippen molar-refractivity contribution in [1.82, 2.24) is 0 Å². The van der Waals surface area contributed by atoms with Crippen LogP contribution in [0.5, 0.6) is 0 Å². The van der Waals surface area contributed by atoms with E-state index in [1.54, 1.807) is 0 Å². The first-order chi connectivity index (χ1) is 9.31. The summed E-state index contributed by atoms with van der Waals surface area (Å²) in [7, 11) is 0. The highest BCUT2D eigenvalue weighted by molar-refractivity contribution is 5.28. The third-order valence-corrected chi connectivity index (χ3v) is 3.06. The smallest absolute Gasteiger partial charge is 0.164 e. The molecule has 5 heteroatoms. The second kappa shape index (κ2) is 5.25. The van der Waals surface area contributed by atoms with Crippen LogP contribution in [0.25, 0.3) is 0 Å². The molecule has 1 unspecified atom stereocenters. The number of rotatable bonds is 3. The molecule has 2 aromatic carbocycles. The van der Waals surface area contributed by atoms with Crippen LogP contribution >= 0.6 is 0 Å². The third-order valence-electron chi connectivity index (χ3n) is 3.06. The van der Waals surface area contributed by atoms with Gasteiger partial charge >= 0.3 is 0 Å². The van der Waals surface area contributed by atoms with E-state index in [1.807, 2.05) is 0 Å². The lowest BCUT2D eigenvalue weighted by Crippen LogP contribution is -2.26. The Labute approximate surface area is 113 Å². The summed E-state index contributed by atoms with van der Waals surface area (Å²) in [6.07, 6.45) is -0.176. The van der Waals surface area contributed by atoms with Gasteiger partial charge in [0.2, 0.25) is 0 Å². The summed E-state index contributed by atoms with van der Waals surface area (Å²) in [5.74, 6) is -4.29. The summed E-state index contributed by atoms with van der Waals surface area (Å²) in [5.41, 5.74) is -1.70. The molecule has 0 radical (unpaired) electrons. The summed E-state index contributed by atoms with van der Waals surface area (Å²) in [4.78, 5) is 0. The van der Waals surface area contributed by atoms with Gasteiger partial charge in [0.05, 0.1) is 5.60 Å². The van der Waals surface area contributed by atoms with Crippen molar-refractivity contribution in [1.29, 1.82) is 0 Å². The fourth-order valence-corrected chi connectivity index (χ4v) is 2.06. The molecule has 2 rings (SSSR count). The Hall–Kier alpha value is -1.88. The average Bonchev–Trinajstić information content (AvgIpc) is 2.36. The monoisotopic (exact) mass is 284 g/mol. The van der Waals surface area contributed by atoms with Crippen molar-refractivity contribution in [2.75, 3.05) is 0 Å². The molecule has 0 fully saturated rings. The Balaban J connectivity index is 2.35. The fourth-order valence-electron chi connectivity index (χ4n) is 2.06. The van der Waals surface area contributed by atoms with Crippen LogP contribution in [0.15, 0.2) is 36.4 Å². The van der Waals surface area contributed by atoms with Gasteiger partial charge in [-0.1, -0.05) is 18.2 Å². The first kappa shape index (κ1) is 14.5. The standard InChI is InChI=1S/C15H12F4O/c1-15(20,10-3-2-4-12(17)14(10)19)8-9-5-6-11(16)13(18)7-9/h2-7,20H,8H2,1H3. The van der Waals surface area contributed by atoms with Crippen LogP contribution in [0.4, 0.5) is 17.6 Å². The Morgan fingerprint density at radius 1 is 0.950 bits per heavy atom. The Bertz CT molecular complexity index is 638. The van der Waals surface area contributed by atoms with Crippen LogP contribution in [0.1, 0.15) is 18.1 Å². The van der Waals surface area contributed by atoms with Crippen LogP contribution in [0.3, 0.4) is 0 Å². The van der Waals surface area contributed by atoms with Crippen LogP contribution in [-0.2, 0) is 12.0 Å². The van der Waals surface area contributed by atoms with Gasteiger partial charge < -0.3 is 5.11 Å². The predicted molar refractivity (Wildman–Crippen MR) is 66.0 cm³/mol. The highest BCUT2D eigenvalue weighted by Crippen LogP contribution is 2.29. The van der Waals surface area contributed by atoms with E-state index in [4.69, 9.17) is 0 Å². The lowest BCUT2D eigenvalue weighted by atomic mass is 9.88. The molecule has 0 aromatic heterocycles. The normalized spacial score (nSPS) is 14.1. The quantitative estimate of drug-likeness (QED) is 0.852. The lowest BCUT2D eigenvalue weighted by Gasteiger charge is -2.24. The fraction of sp³-hybridized carbons (Fsp3) is 0.200. The Kier molecular flexibility index (Phi) is 3.81. The molecule has 0 aliphatic carbocycles. The van der Waals surface area contributed by atoms with E-state index in [0.29, 0.717) is 0 Å². The van der Waals surface area contributed by atoms with Gasteiger partial charge in [-0.15, -0.1) is 0 Å². The summed E-state index contributed by atoms with van der Waals surface area (Å²) in [5, 5.41) is 10.3. The van der Waals surface area contributed by atoms with Crippen molar-refractivity contribution in [3.8, 4) is 0 Å². The van der Waals surface area contributed by atoms with Gasteiger partial charge in [0.25, 0.3) is 0 Å². The van der Waals surface area contributed by atoms with Gasteiger partial charge in [-0.25, -0.2) is 17.6 Å². The molecule has 0 aliphatic heterocycles. The number of benzene rings is 2. The molecule has 0 bridgehead atoms. The van der Waals surface area contributed by atoms with E-state index in [-0.39, 0.29) is 17.5 Å². The van der Waals surface area contributed by atoms with Crippen molar-refractivity contribution in [3.63, 3.8) is 0 Å². The first-order valence-electron chi connectivity index (χ1n) is 5.92. The van der Waals surface area contributed by atoms with Crippen molar-refractivity contribution in [2.45, 2.75) is 18.9 Å². The molecule has 0 saturated carbocycles. The molecule has 0 aliphatic rings. The summed E-state index contributed by atoms with van der Waals surface area (Å²) in [6, 6.07) is 6.58. The SMILES string of the molecule is CC(O)(Cc1ccc(F)c(F)c1)c1cccc(F)c1F. The molecule has 0 spiro atoms. The van der Waals surface area contributed by atoms with Gasteiger partial charge in [-0.05, 0) is 30.7 Å². The minimum absolute atomic E-state index is 0.176. The maximum Gasteiger partial charge on any atom is 0.164 e. The number of hydrogen-bond donors (Lipinski definition) is 1. The molecule has 2 aromatic rings. The van der Waals surface area contributed by atoms with Gasteiger partial charge in [-0.3, -0.25) is 0 Å². The first-order valence-corrected chi connectivity index (χ1v) is 5.92. The van der Waals surface area contributed by atoms with Crippen molar-refractivity contribution < 1.29 is 22.7 Å². The van der Waals surface area contributed by atoms with Crippen LogP contribution < -0.4 is 0 Å². The van der Waals surface area contributed by atoms with Crippen molar-refractivity contribution in [3.05, 3.63) is 70.8 Å². The molecule has 1 N–H and O–H groups in total. The van der Waals surface area contributed by atoms with E-state index in [1.165, 1.54) is 25.1 Å². The zero-order valence-electron chi connectivity index (χ0n) is 10.6. The van der Waals surface area contributed by atoms with Gasteiger partial charge in [0, 0.05) is 12.0 Å². The van der Waals surface area contributed by atoms with Crippen molar-refractivity contribution >= 4 is 0 Å². The topological polar surface area (TPSA) is 20.2 Å². The molecule has 1 atom stereocenters. The summed E-state index contributed by atoms with van der Waals surface area (Å²) >= 11 is 0. The number of aliphatic hydroxyl groups is 1. The van der Waals surface area contributed by atoms with E-state index in [2.05, 4.69) is 0 Å². The zero-order chi connectivity index (χ0) is 14.9. The maximum atomic E-state index is 13.7. The van der Waals surface area contributed by atoms with Crippen LogP contribution in [0, 0.1) is 23.3 Å². The minimum Gasteiger partial charge on any atom is -0.385 e. The molecular formula is C15H12F4O. The van der Waals surface area contributed by atoms with Gasteiger partial charge in [-0.2, -0.15) is 0 Å². The molecular weight excluding hydrogens is 272 g/mol. The predicted octanol–water partition coefficient (Wildman–Crippen LogP) is 3.69. The molecule has 106 valence electrons. The summed E-state index contributed by atoms with van der Waals surface area (Å²) in [6.45, 7) is 1.28. The second-order valence-corrected chi connectivity index (χ2v) is 4.80. The third kappa shape index (κ3) is 2.82. The number of halogens is 4. The largest absolute Gasteiger partial charge is 0.385 e. The zero-order valence-corrected chi connectivity index (χ0v) is 10.6. The van der Waals surface area contributed by atoms with Gasteiger partial charge in [0.1, 0.15) is 0 Å². The minimum atomic E-state index is -1.74. The molecule has 0 heterocycles. The highest BCUT2D eigenvalue weighted by atomic mass is 19.2. The Morgan fingerprint density at radius 3 is 2.30 bits per heavy atom. The highest BCUT2D eigenvalue weighted by Gasteiger charge is 2.28. The lowest BCUT2D eigenvalue weighted by molar-refractivity contribution is 0.0529. The van der Waals surface area contributed by atoms with E-state index in [9.17, 15) is 22.7 Å². The van der Waals surface area contributed by atoms with Crippen LogP contribution in [-0.4, -0.2) is 5.11 Å². The van der Waals surface area contributed by atoms with Crippen molar-refractivity contribution in [2.24, 2.45) is 0 Å². The molecule has 1 nitrogen and oxygen atoms in total. The Morgan fingerprint density at radius 2 is 1.65 bits per heavy atom. The second-order valence-electron chi connectivity index (χ2n) is 4.80. The van der Waals surface area contributed by atoms with E-state index >= 15 is 0 Å². The molecule has 0 amide bonds. The molecule has 20 heavy (non-hydrogen) atoms. The van der Waals surface area contributed by atoms with E-state index in [0.717, 1.165) is 18.2 Å². The van der Waals surface area contributed by atoms with Gasteiger partial charge in [0.15, 0.2) is 23.3 Å². The average molecular weight is 284 g/mol. The maximum absolute atomic E-state index is 13.7. The van der Waals surface area contributed by atoms with Crippen LogP contribution in [0.2, 0.25) is 0 Å². The summed E-state index contributed by atoms with van der Waals surface area (Å²) < 4.78 is 52.8.